The van der Waals surface area contributed by atoms with Crippen molar-refractivity contribution in [2.24, 2.45) is 0 Å². The molecule has 21 heavy (non-hydrogen) atoms. The van der Waals surface area contributed by atoms with Gasteiger partial charge >= 0.3 is 0 Å². The van der Waals surface area contributed by atoms with Crippen molar-refractivity contribution in [3.8, 4) is 0 Å². The second kappa shape index (κ2) is 6.87. The topological polar surface area (TPSA) is 45.5 Å². The number of likely N-dealkylation sites (N-methyl/N-ethyl adjacent to an activating group) is 1. The lowest BCUT2D eigenvalue weighted by Gasteiger charge is -2.15. The molecule has 0 saturated heterocycles. The van der Waals surface area contributed by atoms with Gasteiger partial charge in [-0.25, -0.2) is 4.39 Å². The van der Waals surface area contributed by atoms with Crippen LogP contribution in [0.5, 0.6) is 0 Å². The van der Waals surface area contributed by atoms with Gasteiger partial charge in [0, 0.05) is 4.47 Å². The summed E-state index contributed by atoms with van der Waals surface area (Å²) >= 11 is 3.17. The molecule has 1 aromatic carbocycles. The standard InChI is InChI=1S/C15H16BrFN2O2/c1-10-3-5-12(21-10)8-19(2)9-15(20)18-14-6-4-11(16)7-13(14)17/h3-7H,8-9H2,1-2H3,(H,18,20). The third-order valence-electron chi connectivity index (χ3n) is 2.84. The largest absolute Gasteiger partial charge is 0.465 e. The number of benzene rings is 1. The summed E-state index contributed by atoms with van der Waals surface area (Å²) in [5, 5.41) is 2.55. The van der Waals surface area contributed by atoms with E-state index in [1.54, 1.807) is 18.0 Å². The summed E-state index contributed by atoms with van der Waals surface area (Å²) in [7, 11) is 1.80. The predicted molar refractivity (Wildman–Crippen MR) is 82.5 cm³/mol. The Morgan fingerprint density at radius 3 is 2.76 bits per heavy atom. The number of nitrogens with zero attached hydrogens (tertiary/aromatic N) is 1. The quantitative estimate of drug-likeness (QED) is 0.892. The number of aryl methyl sites for hydroxylation is 1. The number of halogens is 2. The van der Waals surface area contributed by atoms with Crippen LogP contribution in [0.4, 0.5) is 10.1 Å². The normalized spacial score (nSPS) is 10.9. The molecule has 0 bridgehead atoms. The highest BCUT2D eigenvalue weighted by molar-refractivity contribution is 9.10. The van der Waals surface area contributed by atoms with E-state index in [0.717, 1.165) is 11.5 Å². The van der Waals surface area contributed by atoms with E-state index in [9.17, 15) is 9.18 Å². The molecule has 0 fully saturated rings. The van der Waals surface area contributed by atoms with E-state index in [2.05, 4.69) is 21.2 Å². The number of carbonyl (C=O) groups excluding carboxylic acids is 1. The predicted octanol–water partition coefficient (Wildman–Crippen LogP) is 3.56. The molecule has 1 aromatic heterocycles. The van der Waals surface area contributed by atoms with Crippen LogP contribution in [0.25, 0.3) is 0 Å². The van der Waals surface area contributed by atoms with Crippen LogP contribution in [-0.4, -0.2) is 24.4 Å². The molecule has 1 N–H and O–H groups in total. The number of anilines is 1. The van der Waals surface area contributed by atoms with E-state index >= 15 is 0 Å². The first-order valence-corrected chi connectivity index (χ1v) is 7.22. The molecule has 2 aromatic rings. The Labute approximate surface area is 131 Å². The van der Waals surface area contributed by atoms with Crippen molar-refractivity contribution in [2.75, 3.05) is 18.9 Å². The molecule has 0 aliphatic carbocycles. The molecule has 0 aliphatic rings. The van der Waals surface area contributed by atoms with Crippen LogP contribution in [0.15, 0.2) is 39.2 Å². The number of rotatable bonds is 5. The lowest BCUT2D eigenvalue weighted by Crippen LogP contribution is -2.30. The van der Waals surface area contributed by atoms with Crippen LogP contribution in [0.1, 0.15) is 11.5 Å². The zero-order chi connectivity index (χ0) is 15.4. The number of amides is 1. The SMILES string of the molecule is Cc1ccc(CN(C)CC(=O)Nc2ccc(Br)cc2F)o1. The molecule has 2 rings (SSSR count). The van der Waals surface area contributed by atoms with Crippen molar-refractivity contribution in [3.63, 3.8) is 0 Å². The molecule has 1 heterocycles. The molecule has 4 nitrogen and oxygen atoms in total. The van der Waals surface area contributed by atoms with Gasteiger partial charge in [0.15, 0.2) is 0 Å². The van der Waals surface area contributed by atoms with Crippen LogP contribution >= 0.6 is 15.9 Å². The molecular weight excluding hydrogens is 339 g/mol. The van der Waals surface area contributed by atoms with Crippen LogP contribution in [0.2, 0.25) is 0 Å². The highest BCUT2D eigenvalue weighted by Crippen LogP contribution is 2.19. The zero-order valence-corrected chi connectivity index (χ0v) is 13.4. The fraction of sp³-hybridized carbons (Fsp3) is 0.267. The van der Waals surface area contributed by atoms with Crippen molar-refractivity contribution in [3.05, 3.63) is 52.1 Å². The van der Waals surface area contributed by atoms with E-state index in [0.29, 0.717) is 11.0 Å². The van der Waals surface area contributed by atoms with Crippen LogP contribution in [0.3, 0.4) is 0 Å². The van der Waals surface area contributed by atoms with Gasteiger partial charge in [0.2, 0.25) is 5.91 Å². The molecule has 0 radical (unpaired) electrons. The van der Waals surface area contributed by atoms with Gasteiger partial charge in [-0.05, 0) is 44.3 Å². The van der Waals surface area contributed by atoms with Crippen LogP contribution in [0, 0.1) is 12.7 Å². The Morgan fingerprint density at radius 1 is 1.38 bits per heavy atom. The second-order valence-electron chi connectivity index (χ2n) is 4.86. The van der Waals surface area contributed by atoms with E-state index in [1.807, 2.05) is 19.1 Å². The molecule has 112 valence electrons. The third kappa shape index (κ3) is 4.68. The van der Waals surface area contributed by atoms with E-state index in [1.165, 1.54) is 12.1 Å². The van der Waals surface area contributed by atoms with Gasteiger partial charge in [0.25, 0.3) is 0 Å². The van der Waals surface area contributed by atoms with Gasteiger partial charge < -0.3 is 9.73 Å². The Balaban J connectivity index is 1.89. The van der Waals surface area contributed by atoms with Crippen molar-refractivity contribution in [1.82, 2.24) is 4.90 Å². The Kier molecular flexibility index (Phi) is 5.14. The van der Waals surface area contributed by atoms with E-state index < -0.39 is 5.82 Å². The third-order valence-corrected chi connectivity index (χ3v) is 3.33. The summed E-state index contributed by atoms with van der Waals surface area (Å²) < 4.78 is 19.7. The Morgan fingerprint density at radius 2 is 2.14 bits per heavy atom. The van der Waals surface area contributed by atoms with Crippen molar-refractivity contribution >= 4 is 27.5 Å². The molecule has 6 heteroatoms. The highest BCUT2D eigenvalue weighted by atomic mass is 79.9. The van der Waals surface area contributed by atoms with Crippen LogP contribution < -0.4 is 5.32 Å². The summed E-state index contributed by atoms with van der Waals surface area (Å²) in [6.07, 6.45) is 0. The van der Waals surface area contributed by atoms with E-state index in [4.69, 9.17) is 4.42 Å². The Hall–Kier alpha value is -1.66. The average molecular weight is 355 g/mol. The van der Waals surface area contributed by atoms with Gasteiger partial charge in [-0.1, -0.05) is 15.9 Å². The minimum Gasteiger partial charge on any atom is -0.465 e. The summed E-state index contributed by atoms with van der Waals surface area (Å²) in [5.41, 5.74) is 0.172. The van der Waals surface area contributed by atoms with Gasteiger partial charge in [-0.3, -0.25) is 9.69 Å². The zero-order valence-electron chi connectivity index (χ0n) is 11.8. The smallest absolute Gasteiger partial charge is 0.238 e. The fourth-order valence-corrected chi connectivity index (χ4v) is 2.25. The first-order chi connectivity index (χ1) is 9.94. The first-order valence-electron chi connectivity index (χ1n) is 6.43. The van der Waals surface area contributed by atoms with Crippen LogP contribution in [-0.2, 0) is 11.3 Å². The maximum atomic E-state index is 13.6. The molecule has 1 amide bonds. The summed E-state index contributed by atoms with van der Waals surface area (Å²) in [4.78, 5) is 13.7. The van der Waals surface area contributed by atoms with Gasteiger partial charge in [0.1, 0.15) is 17.3 Å². The number of furan rings is 1. The number of hydrogen-bond donors (Lipinski definition) is 1. The highest BCUT2D eigenvalue weighted by Gasteiger charge is 2.11. The number of nitrogens with one attached hydrogen (secondary N) is 1. The van der Waals surface area contributed by atoms with Crippen molar-refractivity contribution < 1.29 is 13.6 Å². The lowest BCUT2D eigenvalue weighted by molar-refractivity contribution is -0.117. The molecule has 0 saturated carbocycles. The number of hydrogen-bond acceptors (Lipinski definition) is 3. The monoisotopic (exact) mass is 354 g/mol. The van der Waals surface area contributed by atoms with Gasteiger partial charge in [-0.15, -0.1) is 0 Å². The van der Waals surface area contributed by atoms with E-state index in [-0.39, 0.29) is 18.1 Å². The molecule has 0 spiro atoms. The minimum absolute atomic E-state index is 0.148. The van der Waals surface area contributed by atoms with Gasteiger partial charge in [0.05, 0.1) is 18.8 Å². The molecule has 0 atom stereocenters. The second-order valence-corrected chi connectivity index (χ2v) is 5.77. The summed E-state index contributed by atoms with van der Waals surface area (Å²) in [5.74, 6) is 0.876. The fourth-order valence-electron chi connectivity index (χ4n) is 1.92. The average Bonchev–Trinajstić information content (AvgIpc) is 2.78. The summed E-state index contributed by atoms with van der Waals surface area (Å²) in [6, 6.07) is 8.25. The summed E-state index contributed by atoms with van der Waals surface area (Å²) in [6.45, 7) is 2.53. The minimum atomic E-state index is -0.470. The molecule has 0 unspecified atom stereocenters. The van der Waals surface area contributed by atoms with Crippen molar-refractivity contribution in [1.29, 1.82) is 0 Å². The van der Waals surface area contributed by atoms with Crippen molar-refractivity contribution in [2.45, 2.75) is 13.5 Å². The molecular formula is C15H16BrFN2O2. The Bertz CT molecular complexity index is 642. The lowest BCUT2D eigenvalue weighted by atomic mass is 10.3. The first kappa shape index (κ1) is 15.7. The van der Waals surface area contributed by atoms with Gasteiger partial charge in [-0.2, -0.15) is 0 Å². The number of carbonyl (C=O) groups is 1. The maximum absolute atomic E-state index is 13.6. The maximum Gasteiger partial charge on any atom is 0.238 e. The molecule has 0 aliphatic heterocycles.